The molecule has 28 heavy (non-hydrogen) atoms. The summed E-state index contributed by atoms with van der Waals surface area (Å²) in [7, 11) is 0. The van der Waals surface area contributed by atoms with Crippen molar-refractivity contribution in [3.8, 4) is 0 Å². The summed E-state index contributed by atoms with van der Waals surface area (Å²) in [5.41, 5.74) is 1.08. The Kier molecular flexibility index (Phi) is 6.72. The molecule has 1 aliphatic rings. The van der Waals surface area contributed by atoms with Gasteiger partial charge in [0, 0.05) is 17.1 Å². The fourth-order valence-corrected chi connectivity index (χ4v) is 4.77. The summed E-state index contributed by atoms with van der Waals surface area (Å²) in [5, 5.41) is 2.81. The molecule has 1 amide bonds. The normalized spacial score (nSPS) is 15.2. The summed E-state index contributed by atoms with van der Waals surface area (Å²) < 4.78 is 39.8. The van der Waals surface area contributed by atoms with Gasteiger partial charge in [-0.2, -0.15) is 13.2 Å². The molecular weight excluding hydrogens is 405 g/mol. The summed E-state index contributed by atoms with van der Waals surface area (Å²) in [5.74, 6) is 1.30. The highest BCUT2D eigenvalue weighted by Crippen LogP contribution is 2.31. The minimum absolute atomic E-state index is 0.304. The number of benzene rings is 2. The Labute approximate surface area is 170 Å². The smallest absolute Gasteiger partial charge is 0.346 e. The number of aliphatic imine (C=N–C) groups is 1. The van der Waals surface area contributed by atoms with Gasteiger partial charge in [0.1, 0.15) is 4.38 Å². The van der Waals surface area contributed by atoms with E-state index in [2.05, 4.69) is 10.3 Å². The van der Waals surface area contributed by atoms with Crippen molar-refractivity contribution in [3.63, 3.8) is 0 Å². The van der Waals surface area contributed by atoms with Gasteiger partial charge in [-0.15, -0.1) is 0 Å². The first-order valence-electron chi connectivity index (χ1n) is 8.70. The van der Waals surface area contributed by atoms with E-state index in [9.17, 15) is 18.0 Å². The van der Waals surface area contributed by atoms with Crippen molar-refractivity contribution < 1.29 is 18.0 Å². The molecule has 1 atom stereocenters. The van der Waals surface area contributed by atoms with Crippen LogP contribution in [0.15, 0.2) is 53.5 Å². The number of halogens is 3. The Bertz CT molecular complexity index is 884. The number of rotatable bonds is 5. The lowest BCUT2D eigenvalue weighted by atomic mass is 10.0. The maximum Gasteiger partial charge on any atom is 0.416 e. The molecule has 0 saturated carbocycles. The second-order valence-corrected chi connectivity index (χ2v) is 8.57. The van der Waals surface area contributed by atoms with E-state index in [4.69, 9.17) is 0 Å². The van der Waals surface area contributed by atoms with Crippen LogP contribution >= 0.6 is 23.5 Å². The summed E-state index contributed by atoms with van der Waals surface area (Å²) in [6.45, 7) is 2.50. The second kappa shape index (κ2) is 9.05. The molecule has 0 bridgehead atoms. The van der Waals surface area contributed by atoms with E-state index in [1.807, 2.05) is 12.1 Å². The SMILES string of the molecule is CC(NC(=O)c1ccccc1CSC1=NCCS1)c1cccc(C(F)(F)F)c1. The molecule has 3 nitrogen and oxygen atoms in total. The quantitative estimate of drug-likeness (QED) is 0.686. The average Bonchev–Trinajstić information content (AvgIpc) is 3.19. The minimum atomic E-state index is -4.41. The predicted octanol–water partition coefficient (Wildman–Crippen LogP) is 5.53. The van der Waals surface area contributed by atoms with E-state index < -0.39 is 17.8 Å². The van der Waals surface area contributed by atoms with Crippen molar-refractivity contribution in [1.29, 1.82) is 0 Å². The van der Waals surface area contributed by atoms with Crippen LogP contribution in [-0.4, -0.2) is 22.6 Å². The largest absolute Gasteiger partial charge is 0.416 e. The van der Waals surface area contributed by atoms with Gasteiger partial charge in [0.2, 0.25) is 0 Å². The van der Waals surface area contributed by atoms with Crippen LogP contribution in [0.2, 0.25) is 0 Å². The van der Waals surface area contributed by atoms with Gasteiger partial charge in [-0.3, -0.25) is 9.79 Å². The molecular formula is C20H19F3N2OS2. The Morgan fingerprint density at radius 2 is 2.04 bits per heavy atom. The number of hydrogen-bond donors (Lipinski definition) is 1. The third-order valence-electron chi connectivity index (χ3n) is 4.23. The van der Waals surface area contributed by atoms with E-state index in [-0.39, 0.29) is 5.91 Å². The van der Waals surface area contributed by atoms with Crippen LogP contribution in [0.5, 0.6) is 0 Å². The van der Waals surface area contributed by atoms with Gasteiger partial charge in [0.05, 0.1) is 18.2 Å². The molecule has 0 aliphatic carbocycles. The highest BCUT2D eigenvalue weighted by atomic mass is 32.2. The highest BCUT2D eigenvalue weighted by molar-refractivity contribution is 8.38. The highest BCUT2D eigenvalue weighted by Gasteiger charge is 2.30. The lowest BCUT2D eigenvalue weighted by Gasteiger charge is -2.17. The van der Waals surface area contributed by atoms with Gasteiger partial charge in [-0.25, -0.2) is 0 Å². The number of amides is 1. The maximum absolute atomic E-state index is 12.9. The topological polar surface area (TPSA) is 41.5 Å². The van der Waals surface area contributed by atoms with E-state index in [1.54, 1.807) is 48.6 Å². The molecule has 1 aliphatic heterocycles. The third-order valence-corrected chi connectivity index (χ3v) is 6.53. The van der Waals surface area contributed by atoms with Gasteiger partial charge >= 0.3 is 6.18 Å². The molecule has 1 N–H and O–H groups in total. The van der Waals surface area contributed by atoms with Gasteiger partial charge in [-0.05, 0) is 36.2 Å². The first-order chi connectivity index (χ1) is 13.3. The maximum atomic E-state index is 12.9. The molecule has 1 heterocycles. The number of nitrogens with one attached hydrogen (secondary N) is 1. The second-order valence-electron chi connectivity index (χ2n) is 6.26. The summed E-state index contributed by atoms with van der Waals surface area (Å²) in [6.07, 6.45) is -4.41. The molecule has 0 fully saturated rings. The number of thioether (sulfide) groups is 2. The van der Waals surface area contributed by atoms with Crippen LogP contribution in [0.3, 0.4) is 0 Å². The standard InChI is InChI=1S/C20H19F3N2OS2/c1-13(14-6-4-7-16(11-14)20(21,22)23)25-18(26)17-8-3-2-5-15(17)12-28-19-24-9-10-27-19/h2-8,11,13H,9-10,12H2,1H3,(H,25,26). The van der Waals surface area contributed by atoms with Crippen LogP contribution in [0, 0.1) is 0 Å². The molecule has 8 heteroatoms. The fraction of sp³-hybridized carbons (Fsp3) is 0.300. The lowest BCUT2D eigenvalue weighted by molar-refractivity contribution is -0.137. The first kappa shape index (κ1) is 20.8. The zero-order valence-electron chi connectivity index (χ0n) is 15.1. The van der Waals surface area contributed by atoms with Crippen LogP contribution < -0.4 is 5.32 Å². The summed E-state index contributed by atoms with van der Waals surface area (Å²) >= 11 is 3.30. The molecule has 1 unspecified atom stereocenters. The molecule has 0 aromatic heterocycles. The molecule has 3 rings (SSSR count). The molecule has 0 radical (unpaired) electrons. The molecule has 148 valence electrons. The zero-order chi connectivity index (χ0) is 20.1. The van der Waals surface area contributed by atoms with Gasteiger partial charge < -0.3 is 5.32 Å². The predicted molar refractivity (Wildman–Crippen MR) is 110 cm³/mol. The summed E-state index contributed by atoms with van der Waals surface area (Å²) in [6, 6.07) is 11.7. The van der Waals surface area contributed by atoms with Gasteiger partial charge in [0.25, 0.3) is 5.91 Å². The zero-order valence-corrected chi connectivity index (χ0v) is 16.8. The molecule has 2 aromatic carbocycles. The van der Waals surface area contributed by atoms with Crippen LogP contribution in [-0.2, 0) is 11.9 Å². The van der Waals surface area contributed by atoms with E-state index in [1.165, 1.54) is 6.07 Å². The molecule has 0 spiro atoms. The Hall–Kier alpha value is -1.93. The van der Waals surface area contributed by atoms with E-state index >= 15 is 0 Å². The molecule has 0 saturated heterocycles. The van der Waals surface area contributed by atoms with Crippen LogP contribution in [0.1, 0.15) is 40.0 Å². The van der Waals surface area contributed by atoms with Crippen molar-refractivity contribution in [3.05, 3.63) is 70.8 Å². The number of alkyl halides is 3. The third kappa shape index (κ3) is 5.32. The van der Waals surface area contributed by atoms with Crippen molar-refractivity contribution >= 4 is 33.8 Å². The van der Waals surface area contributed by atoms with E-state index in [0.717, 1.165) is 34.4 Å². The van der Waals surface area contributed by atoms with Crippen molar-refractivity contribution in [2.75, 3.05) is 12.3 Å². The fourth-order valence-electron chi connectivity index (χ4n) is 2.75. The van der Waals surface area contributed by atoms with Crippen LogP contribution in [0.25, 0.3) is 0 Å². The van der Waals surface area contributed by atoms with Crippen molar-refractivity contribution in [2.24, 2.45) is 4.99 Å². The van der Waals surface area contributed by atoms with E-state index in [0.29, 0.717) is 16.9 Å². The Morgan fingerprint density at radius 3 is 2.75 bits per heavy atom. The molecule has 2 aromatic rings. The Balaban J connectivity index is 1.70. The number of carbonyl (C=O) groups excluding carboxylic acids is 1. The monoisotopic (exact) mass is 424 g/mol. The van der Waals surface area contributed by atoms with Crippen molar-refractivity contribution in [1.82, 2.24) is 5.32 Å². The van der Waals surface area contributed by atoms with Gasteiger partial charge in [-0.1, -0.05) is 53.9 Å². The number of carbonyl (C=O) groups is 1. The average molecular weight is 425 g/mol. The Morgan fingerprint density at radius 1 is 1.25 bits per heavy atom. The van der Waals surface area contributed by atoms with Gasteiger partial charge in [0.15, 0.2) is 0 Å². The van der Waals surface area contributed by atoms with Crippen molar-refractivity contribution in [2.45, 2.75) is 24.9 Å². The number of hydrogen-bond acceptors (Lipinski definition) is 4. The number of nitrogens with zero attached hydrogens (tertiary/aromatic N) is 1. The lowest BCUT2D eigenvalue weighted by Crippen LogP contribution is -2.27. The summed E-state index contributed by atoms with van der Waals surface area (Å²) in [4.78, 5) is 17.1. The first-order valence-corrected chi connectivity index (χ1v) is 10.7. The van der Waals surface area contributed by atoms with Crippen LogP contribution in [0.4, 0.5) is 13.2 Å². The minimum Gasteiger partial charge on any atom is -0.346 e.